The second-order valence-electron chi connectivity index (χ2n) is 5.66. The lowest BCUT2D eigenvalue weighted by Gasteiger charge is -2.39. The number of benzene rings is 1. The molecule has 2 aliphatic rings. The van der Waals surface area contributed by atoms with Crippen molar-refractivity contribution in [3.05, 3.63) is 48.4 Å². The number of rotatable bonds is 1. The molecular weight excluding hydrogens is 246 g/mol. The van der Waals surface area contributed by atoms with E-state index in [1.54, 1.807) is 0 Å². The average Bonchev–Trinajstić information content (AvgIpc) is 2.54. The molecule has 0 saturated carbocycles. The maximum atomic E-state index is 4.60. The van der Waals surface area contributed by atoms with Gasteiger partial charge in [0.15, 0.2) is 0 Å². The largest absolute Gasteiger partial charge is 0.389 e. The second-order valence-corrected chi connectivity index (χ2v) is 5.66. The number of pyridine rings is 1. The number of hydrogen-bond donors (Lipinski definition) is 1. The van der Waals surface area contributed by atoms with Crippen LogP contribution in [0.4, 0.5) is 5.69 Å². The molecule has 0 radical (unpaired) electrons. The Kier molecular flexibility index (Phi) is 2.84. The number of aromatic nitrogens is 1. The number of para-hydroxylation sites is 1. The summed E-state index contributed by atoms with van der Waals surface area (Å²) in [7, 11) is 0. The zero-order chi connectivity index (χ0) is 13.4. The molecule has 0 amide bonds. The molecule has 3 heterocycles. The van der Waals surface area contributed by atoms with Crippen LogP contribution in [0.25, 0.3) is 10.9 Å². The molecule has 102 valence electrons. The number of allylic oxidation sites excluding steroid dienone is 1. The van der Waals surface area contributed by atoms with Gasteiger partial charge in [-0.05, 0) is 31.4 Å². The summed E-state index contributed by atoms with van der Waals surface area (Å²) in [5, 5.41) is 4.63. The maximum Gasteiger partial charge on any atom is 0.0938 e. The first-order valence-electron chi connectivity index (χ1n) is 7.48. The Morgan fingerprint density at radius 3 is 3.10 bits per heavy atom. The van der Waals surface area contributed by atoms with Gasteiger partial charge in [-0.2, -0.15) is 0 Å². The first-order valence-corrected chi connectivity index (χ1v) is 7.48. The highest BCUT2D eigenvalue weighted by molar-refractivity contribution is 5.91. The molecule has 4 rings (SSSR count). The molecule has 1 aromatic heterocycles. The molecule has 1 atom stereocenters. The van der Waals surface area contributed by atoms with Gasteiger partial charge in [-0.1, -0.05) is 18.2 Å². The Labute approximate surface area is 119 Å². The van der Waals surface area contributed by atoms with E-state index in [9.17, 15) is 0 Å². The summed E-state index contributed by atoms with van der Waals surface area (Å²) in [5.74, 6) is 0.712. The Morgan fingerprint density at radius 2 is 2.10 bits per heavy atom. The minimum atomic E-state index is 0.712. The lowest BCUT2D eigenvalue weighted by atomic mass is 9.89. The van der Waals surface area contributed by atoms with Crippen LogP contribution in [-0.4, -0.2) is 18.1 Å². The van der Waals surface area contributed by atoms with E-state index >= 15 is 0 Å². The molecule has 2 aliphatic heterocycles. The zero-order valence-corrected chi connectivity index (χ0v) is 11.5. The number of anilines is 1. The van der Waals surface area contributed by atoms with E-state index < -0.39 is 0 Å². The smallest absolute Gasteiger partial charge is 0.0938 e. The van der Waals surface area contributed by atoms with Crippen molar-refractivity contribution < 1.29 is 0 Å². The Bertz CT molecular complexity index is 657. The van der Waals surface area contributed by atoms with Gasteiger partial charge >= 0.3 is 0 Å². The van der Waals surface area contributed by atoms with Crippen molar-refractivity contribution in [3.63, 3.8) is 0 Å². The van der Waals surface area contributed by atoms with Crippen LogP contribution in [0.5, 0.6) is 0 Å². The lowest BCUT2D eigenvalue weighted by molar-refractivity contribution is 0.422. The van der Waals surface area contributed by atoms with Crippen LogP contribution in [0.1, 0.15) is 19.3 Å². The fourth-order valence-corrected chi connectivity index (χ4v) is 3.48. The van der Waals surface area contributed by atoms with Gasteiger partial charge in [0.1, 0.15) is 0 Å². The summed E-state index contributed by atoms with van der Waals surface area (Å²) in [4.78, 5) is 7.07. The SMILES string of the molecule is C1=C2C(CCCN2c2cccc3cccnc23)CCN1. The summed E-state index contributed by atoms with van der Waals surface area (Å²) in [6.07, 6.45) is 7.95. The zero-order valence-electron chi connectivity index (χ0n) is 11.5. The number of hydrogen-bond acceptors (Lipinski definition) is 3. The number of piperidine rings is 1. The van der Waals surface area contributed by atoms with E-state index in [4.69, 9.17) is 0 Å². The van der Waals surface area contributed by atoms with Gasteiger partial charge < -0.3 is 10.2 Å². The molecule has 1 saturated heterocycles. The molecule has 0 spiro atoms. The highest BCUT2D eigenvalue weighted by Gasteiger charge is 2.28. The lowest BCUT2D eigenvalue weighted by Crippen LogP contribution is -2.38. The maximum absolute atomic E-state index is 4.60. The topological polar surface area (TPSA) is 28.2 Å². The third-order valence-electron chi connectivity index (χ3n) is 4.45. The molecule has 3 heteroatoms. The molecule has 0 aliphatic carbocycles. The Hall–Kier alpha value is -2.03. The van der Waals surface area contributed by atoms with Crippen LogP contribution in [-0.2, 0) is 0 Å². The Balaban J connectivity index is 1.83. The first-order chi connectivity index (χ1) is 9.93. The van der Waals surface area contributed by atoms with Crippen molar-refractivity contribution in [1.29, 1.82) is 0 Å². The van der Waals surface area contributed by atoms with Crippen molar-refractivity contribution >= 4 is 16.6 Å². The van der Waals surface area contributed by atoms with Crippen LogP contribution in [0.3, 0.4) is 0 Å². The third kappa shape index (κ3) is 1.85. The molecule has 2 aromatic rings. The minimum Gasteiger partial charge on any atom is -0.389 e. The van der Waals surface area contributed by atoms with E-state index in [2.05, 4.69) is 45.7 Å². The van der Waals surface area contributed by atoms with Gasteiger partial charge in [-0.3, -0.25) is 4.98 Å². The van der Waals surface area contributed by atoms with E-state index in [-0.39, 0.29) is 0 Å². The summed E-state index contributed by atoms with van der Waals surface area (Å²) in [6, 6.07) is 10.6. The van der Waals surface area contributed by atoms with Crippen molar-refractivity contribution in [2.75, 3.05) is 18.0 Å². The van der Waals surface area contributed by atoms with Crippen LogP contribution in [0.15, 0.2) is 48.4 Å². The highest BCUT2D eigenvalue weighted by atomic mass is 15.2. The molecule has 0 bridgehead atoms. The minimum absolute atomic E-state index is 0.712. The molecule has 1 N–H and O–H groups in total. The summed E-state index contributed by atoms with van der Waals surface area (Å²) < 4.78 is 0. The second kappa shape index (κ2) is 4.82. The number of nitrogens with one attached hydrogen (secondary N) is 1. The standard InChI is InChI=1S/C17H19N3/c1-4-14-5-2-9-19-17(14)15(7-1)20-11-3-6-13-8-10-18-12-16(13)20/h1-2,4-5,7,9,12-13,18H,3,6,8,10-11H2. The van der Waals surface area contributed by atoms with Gasteiger partial charge in [0, 0.05) is 42.5 Å². The molecule has 1 fully saturated rings. The monoisotopic (exact) mass is 265 g/mol. The van der Waals surface area contributed by atoms with Crippen LogP contribution in [0, 0.1) is 5.92 Å². The van der Waals surface area contributed by atoms with Gasteiger partial charge in [0.2, 0.25) is 0 Å². The third-order valence-corrected chi connectivity index (χ3v) is 4.45. The van der Waals surface area contributed by atoms with Gasteiger partial charge in [0.25, 0.3) is 0 Å². The fourth-order valence-electron chi connectivity index (χ4n) is 3.48. The highest BCUT2D eigenvalue weighted by Crippen LogP contribution is 2.37. The normalized spacial score (nSPS) is 22.1. The molecule has 1 unspecified atom stereocenters. The summed E-state index contributed by atoms with van der Waals surface area (Å²) >= 11 is 0. The van der Waals surface area contributed by atoms with E-state index in [1.165, 1.54) is 36.0 Å². The first kappa shape index (κ1) is 11.8. The quantitative estimate of drug-likeness (QED) is 0.857. The van der Waals surface area contributed by atoms with Gasteiger partial charge in [-0.15, -0.1) is 0 Å². The molecule has 3 nitrogen and oxygen atoms in total. The van der Waals surface area contributed by atoms with Crippen LogP contribution < -0.4 is 10.2 Å². The van der Waals surface area contributed by atoms with Crippen molar-refractivity contribution in [1.82, 2.24) is 10.3 Å². The van der Waals surface area contributed by atoms with Gasteiger partial charge in [-0.25, -0.2) is 0 Å². The van der Waals surface area contributed by atoms with Crippen molar-refractivity contribution in [2.24, 2.45) is 5.92 Å². The fraction of sp³-hybridized carbons (Fsp3) is 0.353. The van der Waals surface area contributed by atoms with Crippen LogP contribution >= 0.6 is 0 Å². The average molecular weight is 265 g/mol. The van der Waals surface area contributed by atoms with E-state index in [0.29, 0.717) is 5.92 Å². The molecule has 1 aromatic carbocycles. The van der Waals surface area contributed by atoms with Gasteiger partial charge in [0.05, 0.1) is 11.2 Å². The predicted octanol–water partition coefficient (Wildman–Crippen LogP) is 3.29. The number of fused-ring (bicyclic) bond motifs is 2. The summed E-state index contributed by atoms with van der Waals surface area (Å²) in [6.45, 7) is 2.20. The van der Waals surface area contributed by atoms with Crippen LogP contribution in [0.2, 0.25) is 0 Å². The Morgan fingerprint density at radius 1 is 1.15 bits per heavy atom. The summed E-state index contributed by atoms with van der Waals surface area (Å²) in [5.41, 5.74) is 3.81. The van der Waals surface area contributed by atoms with E-state index in [1.807, 2.05) is 12.3 Å². The predicted molar refractivity (Wildman–Crippen MR) is 82.5 cm³/mol. The molecular formula is C17H19N3. The number of nitrogens with zero attached hydrogens (tertiary/aromatic N) is 2. The van der Waals surface area contributed by atoms with Crippen molar-refractivity contribution in [3.8, 4) is 0 Å². The molecule has 20 heavy (non-hydrogen) atoms. The van der Waals surface area contributed by atoms with E-state index in [0.717, 1.165) is 18.6 Å². The van der Waals surface area contributed by atoms with Crippen molar-refractivity contribution in [2.45, 2.75) is 19.3 Å².